The monoisotopic (exact) mass is 1030 g/mol. The number of allylic oxidation sites excluding steroid dienone is 3. The second-order valence-corrected chi connectivity index (χ2v) is 22.8. The maximum absolute atomic E-state index is 12.5. The maximum Gasteiger partial charge on any atom is 0.305 e. The maximum atomic E-state index is 12.5. The van der Waals surface area contributed by atoms with Crippen molar-refractivity contribution in [2.24, 2.45) is 0 Å². The molecule has 0 rings (SSSR count). The summed E-state index contributed by atoms with van der Waals surface area (Å²) in [6.45, 7) is 4.91. The lowest BCUT2D eigenvalue weighted by Crippen LogP contribution is -2.45. The summed E-state index contributed by atoms with van der Waals surface area (Å²) in [6.07, 6.45) is 78.0. The third kappa shape index (κ3) is 59.4. The van der Waals surface area contributed by atoms with E-state index >= 15 is 0 Å². The summed E-state index contributed by atoms with van der Waals surface area (Å²) in [4.78, 5) is 24.6. The van der Waals surface area contributed by atoms with Gasteiger partial charge in [0.15, 0.2) is 0 Å². The number of unbranched alkanes of at least 4 members (excludes halogenated alkanes) is 49. The first-order valence-corrected chi connectivity index (χ1v) is 33.1. The lowest BCUT2D eigenvalue weighted by Gasteiger charge is -2.20. The van der Waals surface area contributed by atoms with E-state index < -0.39 is 12.1 Å². The fraction of sp³-hybridized carbons (Fsp3) is 0.910. The van der Waals surface area contributed by atoms with E-state index in [-0.39, 0.29) is 18.5 Å². The van der Waals surface area contributed by atoms with Crippen LogP contribution in [0.15, 0.2) is 24.3 Å². The van der Waals surface area contributed by atoms with E-state index in [2.05, 4.69) is 31.3 Å². The van der Waals surface area contributed by atoms with E-state index in [1.807, 2.05) is 6.08 Å². The summed E-state index contributed by atoms with van der Waals surface area (Å²) in [5.41, 5.74) is 0. The van der Waals surface area contributed by atoms with E-state index in [0.29, 0.717) is 19.4 Å². The standard InChI is InChI=1S/C67H129NO5/c1-3-5-7-9-11-13-15-17-19-20-21-22-23-24-25-26-27-28-32-35-39-43-47-51-55-59-65(70)64(63-69)68-66(71)60-56-52-48-44-40-36-33-29-30-34-38-42-46-50-54-58-62-73-67(72)61-57-53-49-45-41-37-31-18-16-14-12-10-8-6-4-2/h29,33,55,59,64-65,69-70H,3-28,30-32,34-54,56-58,60-63H2,1-2H3,(H,68,71)/b33-29-,59-55+. The van der Waals surface area contributed by atoms with Crippen molar-refractivity contribution in [1.82, 2.24) is 5.32 Å². The van der Waals surface area contributed by atoms with Gasteiger partial charge in [0.25, 0.3) is 0 Å². The Balaban J connectivity index is 3.48. The lowest BCUT2D eigenvalue weighted by atomic mass is 10.0. The molecule has 0 aliphatic carbocycles. The summed E-state index contributed by atoms with van der Waals surface area (Å²) in [5, 5.41) is 23.2. The van der Waals surface area contributed by atoms with E-state index in [1.54, 1.807) is 6.08 Å². The number of hydrogen-bond donors (Lipinski definition) is 3. The van der Waals surface area contributed by atoms with Gasteiger partial charge in [0.1, 0.15) is 0 Å². The van der Waals surface area contributed by atoms with Gasteiger partial charge in [-0.3, -0.25) is 9.59 Å². The van der Waals surface area contributed by atoms with Crippen molar-refractivity contribution in [2.45, 2.75) is 379 Å². The average molecular weight is 1030 g/mol. The van der Waals surface area contributed by atoms with Crippen LogP contribution < -0.4 is 5.32 Å². The molecule has 73 heavy (non-hydrogen) atoms. The molecule has 0 aromatic heterocycles. The molecule has 0 aliphatic heterocycles. The largest absolute Gasteiger partial charge is 0.466 e. The molecular weight excluding hydrogens is 899 g/mol. The molecule has 0 fully saturated rings. The van der Waals surface area contributed by atoms with Crippen LogP contribution in [-0.2, 0) is 14.3 Å². The molecule has 6 heteroatoms. The van der Waals surface area contributed by atoms with Crippen LogP contribution in [0.3, 0.4) is 0 Å². The third-order valence-corrected chi connectivity index (χ3v) is 15.5. The van der Waals surface area contributed by atoms with E-state index in [0.717, 1.165) is 64.2 Å². The minimum Gasteiger partial charge on any atom is -0.466 e. The molecule has 0 aromatic rings. The topological polar surface area (TPSA) is 95.9 Å². The zero-order valence-corrected chi connectivity index (χ0v) is 49.4. The molecule has 0 saturated carbocycles. The van der Waals surface area contributed by atoms with Gasteiger partial charge in [-0.1, -0.05) is 321 Å². The second-order valence-electron chi connectivity index (χ2n) is 22.8. The molecule has 0 spiro atoms. The van der Waals surface area contributed by atoms with E-state index in [4.69, 9.17) is 4.74 Å². The Morgan fingerprint density at radius 2 is 0.644 bits per heavy atom. The van der Waals surface area contributed by atoms with Crippen molar-refractivity contribution in [1.29, 1.82) is 0 Å². The Hall–Kier alpha value is -1.66. The number of nitrogens with one attached hydrogen (secondary N) is 1. The Morgan fingerprint density at radius 1 is 0.370 bits per heavy atom. The molecule has 1 amide bonds. The van der Waals surface area contributed by atoms with Gasteiger partial charge in [-0.05, 0) is 57.8 Å². The quantitative estimate of drug-likeness (QED) is 0.0320. The van der Waals surface area contributed by atoms with Crippen LogP contribution >= 0.6 is 0 Å². The Labute approximate surface area is 456 Å². The van der Waals surface area contributed by atoms with Gasteiger partial charge in [0, 0.05) is 12.8 Å². The molecule has 0 aromatic carbocycles. The van der Waals surface area contributed by atoms with Crippen molar-refractivity contribution in [3.05, 3.63) is 24.3 Å². The van der Waals surface area contributed by atoms with Gasteiger partial charge >= 0.3 is 5.97 Å². The number of carbonyl (C=O) groups excluding carboxylic acids is 2. The molecule has 6 nitrogen and oxygen atoms in total. The minimum absolute atomic E-state index is 0.0000737. The van der Waals surface area contributed by atoms with Gasteiger partial charge in [-0.15, -0.1) is 0 Å². The molecule has 2 atom stereocenters. The predicted octanol–water partition coefficient (Wildman–Crippen LogP) is 21.0. The molecule has 0 saturated heterocycles. The molecule has 0 aliphatic rings. The third-order valence-electron chi connectivity index (χ3n) is 15.5. The number of rotatable bonds is 62. The summed E-state index contributed by atoms with van der Waals surface area (Å²) >= 11 is 0. The second kappa shape index (κ2) is 62.9. The Kier molecular flexibility index (Phi) is 61.4. The van der Waals surface area contributed by atoms with Gasteiger partial charge < -0.3 is 20.3 Å². The van der Waals surface area contributed by atoms with Crippen LogP contribution in [-0.4, -0.2) is 47.4 Å². The summed E-state index contributed by atoms with van der Waals surface area (Å²) in [6, 6.07) is -0.641. The van der Waals surface area contributed by atoms with Crippen molar-refractivity contribution in [3.63, 3.8) is 0 Å². The molecule has 0 heterocycles. The van der Waals surface area contributed by atoms with Crippen LogP contribution in [0.25, 0.3) is 0 Å². The van der Waals surface area contributed by atoms with Crippen molar-refractivity contribution in [2.75, 3.05) is 13.2 Å². The molecule has 0 radical (unpaired) electrons. The van der Waals surface area contributed by atoms with E-state index in [9.17, 15) is 19.8 Å². The van der Waals surface area contributed by atoms with Crippen LogP contribution in [0.5, 0.6) is 0 Å². The fourth-order valence-corrected chi connectivity index (χ4v) is 10.4. The Bertz CT molecular complexity index is 1140. The van der Waals surface area contributed by atoms with Gasteiger partial charge in [-0.25, -0.2) is 0 Å². The number of amides is 1. The highest BCUT2D eigenvalue weighted by Crippen LogP contribution is 2.18. The molecule has 432 valence electrons. The van der Waals surface area contributed by atoms with Crippen LogP contribution in [0.4, 0.5) is 0 Å². The summed E-state index contributed by atoms with van der Waals surface area (Å²) in [7, 11) is 0. The zero-order chi connectivity index (χ0) is 52.9. The first-order valence-electron chi connectivity index (χ1n) is 33.1. The van der Waals surface area contributed by atoms with Crippen LogP contribution in [0, 0.1) is 0 Å². The van der Waals surface area contributed by atoms with Gasteiger partial charge in [0.2, 0.25) is 5.91 Å². The number of hydrogen-bond acceptors (Lipinski definition) is 5. The number of aliphatic hydroxyl groups is 2. The lowest BCUT2D eigenvalue weighted by molar-refractivity contribution is -0.143. The summed E-state index contributed by atoms with van der Waals surface area (Å²) < 4.78 is 5.48. The number of aliphatic hydroxyl groups excluding tert-OH is 2. The van der Waals surface area contributed by atoms with Gasteiger partial charge in [0.05, 0.1) is 25.4 Å². The molecule has 2 unspecified atom stereocenters. The number of esters is 1. The van der Waals surface area contributed by atoms with Crippen molar-refractivity contribution < 1.29 is 24.5 Å². The highest BCUT2D eigenvalue weighted by molar-refractivity contribution is 5.76. The Morgan fingerprint density at radius 3 is 0.973 bits per heavy atom. The molecular formula is C67H129NO5. The summed E-state index contributed by atoms with van der Waals surface area (Å²) in [5.74, 6) is -0.0810. The molecule has 0 bridgehead atoms. The SMILES string of the molecule is CCCCCCCCCCCCCCCCCCCCCCCCC/C=C/C(O)C(CO)NC(=O)CCCCCCC/C=C\CCCCCCCCCOC(=O)CCCCCCCCCCCCCCCCC. The predicted molar refractivity (Wildman–Crippen MR) is 320 cm³/mol. The van der Waals surface area contributed by atoms with E-state index in [1.165, 1.54) is 276 Å². The van der Waals surface area contributed by atoms with Crippen molar-refractivity contribution >= 4 is 11.9 Å². The highest BCUT2D eigenvalue weighted by Gasteiger charge is 2.18. The first-order chi connectivity index (χ1) is 36.0. The van der Waals surface area contributed by atoms with Gasteiger partial charge in [-0.2, -0.15) is 0 Å². The normalized spacial score (nSPS) is 12.7. The minimum atomic E-state index is -0.856. The molecule has 3 N–H and O–H groups in total. The number of carbonyl (C=O) groups is 2. The first kappa shape index (κ1) is 71.3. The van der Waals surface area contributed by atoms with Crippen LogP contribution in [0.1, 0.15) is 367 Å². The number of ether oxygens (including phenoxy) is 1. The smallest absolute Gasteiger partial charge is 0.305 e. The van der Waals surface area contributed by atoms with Crippen LogP contribution in [0.2, 0.25) is 0 Å². The van der Waals surface area contributed by atoms with Crippen molar-refractivity contribution in [3.8, 4) is 0 Å². The highest BCUT2D eigenvalue weighted by atomic mass is 16.5. The fourth-order valence-electron chi connectivity index (χ4n) is 10.4. The zero-order valence-electron chi connectivity index (χ0n) is 49.4. The average Bonchev–Trinajstić information content (AvgIpc) is 3.39.